The maximum absolute atomic E-state index is 11.3. The average Bonchev–Trinajstić information content (AvgIpc) is 2.34. The summed E-state index contributed by atoms with van der Waals surface area (Å²) in [6.07, 6.45) is 5.81. The van der Waals surface area contributed by atoms with Crippen LogP contribution in [-0.2, 0) is 9.53 Å². The van der Waals surface area contributed by atoms with Crippen molar-refractivity contribution >= 4 is 5.97 Å². The molecule has 1 unspecified atom stereocenters. The molecule has 1 N–H and O–H groups in total. The lowest BCUT2D eigenvalue weighted by Gasteiger charge is -2.15. The van der Waals surface area contributed by atoms with Crippen LogP contribution in [0, 0.1) is 17.2 Å². The molecule has 0 aliphatic heterocycles. The Labute approximate surface area is 103 Å². The maximum atomic E-state index is 11.3. The predicted octanol–water partition coefficient (Wildman–Crippen LogP) is 3.10. The van der Waals surface area contributed by atoms with Crippen LogP contribution in [0.1, 0.15) is 46.0 Å². The average molecular weight is 239 g/mol. The lowest BCUT2D eigenvalue weighted by atomic mass is 9.98. The number of carbonyl (C=O) groups excluding carboxylic acids is 1. The Morgan fingerprint density at radius 1 is 1.41 bits per heavy atom. The number of unbranched alkanes of at least 4 members (excludes halogenated alkanes) is 1. The lowest BCUT2D eigenvalue weighted by Crippen LogP contribution is -2.15. The summed E-state index contributed by atoms with van der Waals surface area (Å²) in [6.45, 7) is 4.54. The highest BCUT2D eigenvalue weighted by atomic mass is 16.5. The first-order valence-electron chi connectivity index (χ1n) is 6.11. The molecule has 17 heavy (non-hydrogen) atoms. The number of esters is 1. The van der Waals surface area contributed by atoms with Gasteiger partial charge in [-0.15, -0.1) is 0 Å². The molecule has 0 amide bonds. The SMILES string of the molecule is CCCCC(CCC)COC(=O)/C(C#N)=C\O. The van der Waals surface area contributed by atoms with E-state index in [4.69, 9.17) is 15.1 Å². The Morgan fingerprint density at radius 2 is 2.12 bits per heavy atom. The van der Waals surface area contributed by atoms with E-state index in [1.807, 2.05) is 0 Å². The molecule has 0 heterocycles. The van der Waals surface area contributed by atoms with Crippen molar-refractivity contribution in [2.75, 3.05) is 6.61 Å². The molecule has 0 aliphatic carbocycles. The standard InChI is InChI=1S/C13H21NO3/c1-3-5-7-11(6-4-2)10-17-13(16)12(8-14)9-15/h9,11,15H,3-7,10H2,1-2H3/b12-9-. The second kappa shape index (κ2) is 9.71. The first-order valence-corrected chi connectivity index (χ1v) is 6.11. The minimum absolute atomic E-state index is 0.325. The van der Waals surface area contributed by atoms with E-state index in [1.54, 1.807) is 6.07 Å². The number of hydrogen-bond donors (Lipinski definition) is 1. The number of nitrogens with zero attached hydrogens (tertiary/aromatic N) is 1. The van der Waals surface area contributed by atoms with Crippen LogP contribution in [0.3, 0.4) is 0 Å². The largest absolute Gasteiger partial charge is 0.514 e. The molecule has 0 radical (unpaired) electrons. The van der Waals surface area contributed by atoms with Crippen molar-refractivity contribution in [3.63, 3.8) is 0 Å². The minimum Gasteiger partial charge on any atom is -0.514 e. The second-order valence-electron chi connectivity index (χ2n) is 4.05. The Kier molecular flexibility index (Phi) is 8.85. The number of hydrogen-bond acceptors (Lipinski definition) is 4. The van der Waals surface area contributed by atoms with Gasteiger partial charge in [0.15, 0.2) is 5.57 Å². The van der Waals surface area contributed by atoms with Crippen LogP contribution >= 0.6 is 0 Å². The highest BCUT2D eigenvalue weighted by Crippen LogP contribution is 2.15. The van der Waals surface area contributed by atoms with Gasteiger partial charge < -0.3 is 9.84 Å². The Bertz CT molecular complexity index is 292. The normalized spacial score (nSPS) is 12.9. The Hall–Kier alpha value is -1.50. The van der Waals surface area contributed by atoms with E-state index in [-0.39, 0.29) is 5.57 Å². The van der Waals surface area contributed by atoms with Crippen molar-refractivity contribution in [2.24, 2.45) is 5.92 Å². The molecule has 0 aliphatic rings. The molecule has 0 aromatic rings. The maximum Gasteiger partial charge on any atom is 0.352 e. The zero-order valence-corrected chi connectivity index (χ0v) is 10.6. The van der Waals surface area contributed by atoms with Crippen LogP contribution in [-0.4, -0.2) is 17.7 Å². The van der Waals surface area contributed by atoms with Crippen molar-refractivity contribution in [3.8, 4) is 6.07 Å². The minimum atomic E-state index is -0.743. The molecule has 0 aromatic heterocycles. The zero-order valence-electron chi connectivity index (χ0n) is 10.6. The molecule has 0 saturated carbocycles. The molecule has 1 atom stereocenters. The summed E-state index contributed by atoms with van der Waals surface area (Å²) < 4.78 is 5.01. The van der Waals surface area contributed by atoms with Gasteiger partial charge in [-0.2, -0.15) is 5.26 Å². The van der Waals surface area contributed by atoms with Crippen molar-refractivity contribution in [1.29, 1.82) is 5.26 Å². The van der Waals surface area contributed by atoms with E-state index in [1.165, 1.54) is 0 Å². The summed E-state index contributed by atoms with van der Waals surface area (Å²) in [6, 6.07) is 1.59. The Balaban J connectivity index is 4.12. The lowest BCUT2D eigenvalue weighted by molar-refractivity contribution is -0.140. The summed E-state index contributed by atoms with van der Waals surface area (Å²) in [5.74, 6) is -0.393. The molecule has 0 bridgehead atoms. The predicted molar refractivity (Wildman–Crippen MR) is 65.2 cm³/mol. The first-order chi connectivity index (χ1) is 8.19. The fourth-order valence-electron chi connectivity index (χ4n) is 1.61. The third kappa shape index (κ3) is 6.62. The quantitative estimate of drug-likeness (QED) is 0.306. The van der Waals surface area contributed by atoms with Gasteiger partial charge in [0.25, 0.3) is 0 Å². The van der Waals surface area contributed by atoms with Gasteiger partial charge in [-0.1, -0.05) is 33.1 Å². The summed E-state index contributed by atoms with van der Waals surface area (Å²) in [7, 11) is 0. The van der Waals surface area contributed by atoms with Gasteiger partial charge in [-0.25, -0.2) is 4.79 Å². The van der Waals surface area contributed by atoms with E-state index < -0.39 is 5.97 Å². The summed E-state index contributed by atoms with van der Waals surface area (Å²) >= 11 is 0. The summed E-state index contributed by atoms with van der Waals surface area (Å²) in [4.78, 5) is 11.3. The van der Waals surface area contributed by atoms with Crippen LogP contribution in [0.4, 0.5) is 0 Å². The van der Waals surface area contributed by atoms with Gasteiger partial charge in [0.1, 0.15) is 12.3 Å². The fraction of sp³-hybridized carbons (Fsp3) is 0.692. The number of aliphatic hydroxyl groups excluding tert-OH is 1. The van der Waals surface area contributed by atoms with E-state index in [9.17, 15) is 4.79 Å². The highest BCUT2D eigenvalue weighted by molar-refractivity contribution is 5.92. The first kappa shape index (κ1) is 15.5. The van der Waals surface area contributed by atoms with Crippen LogP contribution in [0.15, 0.2) is 11.8 Å². The monoisotopic (exact) mass is 239 g/mol. The number of ether oxygens (including phenoxy) is 1. The molecular formula is C13H21NO3. The molecule has 0 saturated heterocycles. The highest BCUT2D eigenvalue weighted by Gasteiger charge is 2.14. The smallest absolute Gasteiger partial charge is 0.352 e. The van der Waals surface area contributed by atoms with Crippen molar-refractivity contribution in [1.82, 2.24) is 0 Å². The van der Waals surface area contributed by atoms with Crippen LogP contribution < -0.4 is 0 Å². The molecule has 4 heteroatoms. The molecule has 4 nitrogen and oxygen atoms in total. The molecule has 0 aromatic carbocycles. The van der Waals surface area contributed by atoms with Gasteiger partial charge in [-0.3, -0.25) is 0 Å². The van der Waals surface area contributed by atoms with Crippen LogP contribution in [0.25, 0.3) is 0 Å². The fourth-order valence-corrected chi connectivity index (χ4v) is 1.61. The van der Waals surface area contributed by atoms with E-state index in [0.717, 1.165) is 32.1 Å². The molecule has 0 spiro atoms. The van der Waals surface area contributed by atoms with Crippen molar-refractivity contribution in [2.45, 2.75) is 46.0 Å². The van der Waals surface area contributed by atoms with Crippen molar-refractivity contribution in [3.05, 3.63) is 11.8 Å². The molecular weight excluding hydrogens is 218 g/mol. The summed E-state index contributed by atoms with van der Waals surface area (Å²) in [5.41, 5.74) is -0.351. The number of carbonyl (C=O) groups is 1. The van der Waals surface area contributed by atoms with Gasteiger partial charge in [0, 0.05) is 0 Å². The Morgan fingerprint density at radius 3 is 2.59 bits per heavy atom. The van der Waals surface area contributed by atoms with Crippen LogP contribution in [0.2, 0.25) is 0 Å². The topological polar surface area (TPSA) is 70.3 Å². The number of rotatable bonds is 8. The third-order valence-corrected chi connectivity index (χ3v) is 2.58. The number of nitriles is 1. The zero-order chi connectivity index (χ0) is 13.1. The molecule has 96 valence electrons. The van der Waals surface area contributed by atoms with Crippen molar-refractivity contribution < 1.29 is 14.6 Å². The molecule has 0 fully saturated rings. The van der Waals surface area contributed by atoms with E-state index in [2.05, 4.69) is 13.8 Å². The second-order valence-corrected chi connectivity index (χ2v) is 4.05. The number of aliphatic hydroxyl groups is 1. The summed E-state index contributed by atoms with van der Waals surface area (Å²) in [5, 5.41) is 17.1. The van der Waals surface area contributed by atoms with Gasteiger partial charge in [0.2, 0.25) is 0 Å². The molecule has 0 rings (SSSR count). The van der Waals surface area contributed by atoms with Gasteiger partial charge in [-0.05, 0) is 18.8 Å². The van der Waals surface area contributed by atoms with E-state index in [0.29, 0.717) is 18.8 Å². The van der Waals surface area contributed by atoms with Gasteiger partial charge >= 0.3 is 5.97 Å². The third-order valence-electron chi connectivity index (χ3n) is 2.58. The van der Waals surface area contributed by atoms with Crippen LogP contribution in [0.5, 0.6) is 0 Å². The van der Waals surface area contributed by atoms with E-state index >= 15 is 0 Å². The van der Waals surface area contributed by atoms with Gasteiger partial charge in [0.05, 0.1) is 6.61 Å².